The maximum Gasteiger partial charge on any atom is 0.229 e. The number of hydrogen-bond acceptors (Lipinski definition) is 3. The predicted molar refractivity (Wildman–Crippen MR) is 71.2 cm³/mol. The molecule has 0 bridgehead atoms. The molecule has 2 atom stereocenters. The van der Waals surface area contributed by atoms with Crippen LogP contribution in [0.15, 0.2) is 0 Å². The van der Waals surface area contributed by atoms with Crippen LogP contribution in [-0.2, 0) is 4.79 Å². The number of carbonyl (C=O) groups is 1. The van der Waals surface area contributed by atoms with E-state index in [1.165, 1.54) is 0 Å². The molecule has 0 saturated carbocycles. The van der Waals surface area contributed by atoms with Crippen LogP contribution in [-0.4, -0.2) is 28.4 Å². The first kappa shape index (κ1) is 14.7. The van der Waals surface area contributed by atoms with Crippen LogP contribution >= 0.6 is 24.0 Å². The molecule has 2 unspecified atom stereocenters. The molecule has 1 amide bonds. The number of thioether (sulfide) groups is 1. The Morgan fingerprint density at radius 3 is 2.60 bits per heavy atom. The van der Waals surface area contributed by atoms with Gasteiger partial charge in [-0.25, -0.2) is 0 Å². The van der Waals surface area contributed by atoms with E-state index in [9.17, 15) is 4.79 Å². The SMILES string of the molecule is CCSCCC(C)NC(=O)C(C)C(N)=S. The normalized spacial score (nSPS) is 14.3. The fourth-order valence-corrected chi connectivity index (χ4v) is 1.89. The second kappa shape index (κ2) is 7.93. The van der Waals surface area contributed by atoms with E-state index in [1.807, 2.05) is 18.7 Å². The summed E-state index contributed by atoms with van der Waals surface area (Å²) in [5.41, 5.74) is 5.40. The number of hydrogen-bond donors (Lipinski definition) is 2. The van der Waals surface area contributed by atoms with Crippen molar-refractivity contribution in [2.24, 2.45) is 11.7 Å². The molecule has 0 aromatic rings. The van der Waals surface area contributed by atoms with Gasteiger partial charge in [0, 0.05) is 6.04 Å². The number of carbonyl (C=O) groups excluding carboxylic acids is 1. The second-order valence-electron chi connectivity index (χ2n) is 3.52. The number of nitrogens with two attached hydrogens (primary N) is 1. The van der Waals surface area contributed by atoms with Crippen LogP contribution < -0.4 is 11.1 Å². The summed E-state index contributed by atoms with van der Waals surface area (Å²) in [6.07, 6.45) is 0.980. The Kier molecular flexibility index (Phi) is 7.78. The van der Waals surface area contributed by atoms with Crippen LogP contribution in [0, 0.1) is 5.92 Å². The lowest BCUT2D eigenvalue weighted by atomic mass is 10.1. The lowest BCUT2D eigenvalue weighted by Gasteiger charge is -2.16. The van der Waals surface area contributed by atoms with Crippen LogP contribution in [0.1, 0.15) is 27.2 Å². The highest BCUT2D eigenvalue weighted by molar-refractivity contribution is 7.99. The van der Waals surface area contributed by atoms with E-state index in [1.54, 1.807) is 6.92 Å². The number of nitrogens with one attached hydrogen (secondary N) is 1. The standard InChI is InChI=1S/C10H20N2OS2/c1-4-15-6-5-7(2)12-10(13)8(3)9(11)14/h7-8H,4-6H2,1-3H3,(H2,11,14)(H,12,13). The molecular weight excluding hydrogens is 228 g/mol. The molecule has 88 valence electrons. The molecule has 3 nitrogen and oxygen atoms in total. The van der Waals surface area contributed by atoms with Crippen molar-refractivity contribution in [3.63, 3.8) is 0 Å². The minimum absolute atomic E-state index is 0.0727. The highest BCUT2D eigenvalue weighted by atomic mass is 32.2. The molecule has 0 aliphatic carbocycles. The monoisotopic (exact) mass is 248 g/mol. The highest BCUT2D eigenvalue weighted by Crippen LogP contribution is 2.04. The molecule has 0 rings (SSSR count). The van der Waals surface area contributed by atoms with E-state index in [0.29, 0.717) is 0 Å². The average Bonchev–Trinajstić information content (AvgIpc) is 2.16. The summed E-state index contributed by atoms with van der Waals surface area (Å²) in [7, 11) is 0. The molecule has 0 radical (unpaired) electrons. The predicted octanol–water partition coefficient (Wildman–Crippen LogP) is 1.56. The van der Waals surface area contributed by atoms with Gasteiger partial charge in [0.2, 0.25) is 5.91 Å². The quantitative estimate of drug-likeness (QED) is 0.530. The highest BCUT2D eigenvalue weighted by Gasteiger charge is 2.16. The summed E-state index contributed by atoms with van der Waals surface area (Å²) >= 11 is 6.64. The van der Waals surface area contributed by atoms with Gasteiger partial charge in [-0.2, -0.15) is 11.8 Å². The fraction of sp³-hybridized carbons (Fsp3) is 0.800. The summed E-state index contributed by atoms with van der Waals surface area (Å²) in [5, 5.41) is 2.90. The topological polar surface area (TPSA) is 55.1 Å². The molecule has 0 saturated heterocycles. The van der Waals surface area contributed by atoms with E-state index in [-0.39, 0.29) is 22.9 Å². The third-order valence-electron chi connectivity index (χ3n) is 2.11. The molecular formula is C10H20N2OS2. The summed E-state index contributed by atoms with van der Waals surface area (Å²) in [6.45, 7) is 5.86. The number of thiocarbonyl (C=S) groups is 1. The summed E-state index contributed by atoms with van der Waals surface area (Å²) in [5.74, 6) is 1.74. The van der Waals surface area contributed by atoms with Crippen molar-refractivity contribution in [2.75, 3.05) is 11.5 Å². The van der Waals surface area contributed by atoms with Gasteiger partial charge < -0.3 is 11.1 Å². The van der Waals surface area contributed by atoms with Crippen molar-refractivity contribution < 1.29 is 4.79 Å². The van der Waals surface area contributed by atoms with Crippen molar-refractivity contribution >= 4 is 34.9 Å². The van der Waals surface area contributed by atoms with Gasteiger partial charge >= 0.3 is 0 Å². The van der Waals surface area contributed by atoms with Gasteiger partial charge in [0.25, 0.3) is 0 Å². The molecule has 3 N–H and O–H groups in total. The number of rotatable bonds is 7. The smallest absolute Gasteiger partial charge is 0.229 e. The van der Waals surface area contributed by atoms with Crippen LogP contribution in [0.4, 0.5) is 0 Å². The second-order valence-corrected chi connectivity index (χ2v) is 5.38. The largest absolute Gasteiger partial charge is 0.393 e. The molecule has 0 aromatic heterocycles. The van der Waals surface area contributed by atoms with Crippen molar-refractivity contribution in [1.29, 1.82) is 0 Å². The Morgan fingerprint density at radius 1 is 1.53 bits per heavy atom. The average molecular weight is 248 g/mol. The first-order chi connectivity index (χ1) is 6.99. The molecule has 0 aromatic carbocycles. The van der Waals surface area contributed by atoms with E-state index >= 15 is 0 Å². The molecule has 5 heteroatoms. The Bertz CT molecular complexity index is 221. The first-order valence-corrected chi connectivity index (χ1v) is 6.72. The van der Waals surface area contributed by atoms with Gasteiger partial charge in [0.15, 0.2) is 0 Å². The lowest BCUT2D eigenvalue weighted by Crippen LogP contribution is -2.40. The van der Waals surface area contributed by atoms with Gasteiger partial charge in [-0.05, 0) is 31.8 Å². The third-order valence-corrected chi connectivity index (χ3v) is 3.39. The lowest BCUT2D eigenvalue weighted by molar-refractivity contribution is -0.123. The van der Waals surface area contributed by atoms with Crippen LogP contribution in [0.25, 0.3) is 0 Å². The van der Waals surface area contributed by atoms with Crippen molar-refractivity contribution in [3.05, 3.63) is 0 Å². The Hall–Kier alpha value is -0.290. The van der Waals surface area contributed by atoms with Crippen molar-refractivity contribution in [1.82, 2.24) is 5.32 Å². The van der Waals surface area contributed by atoms with Crippen LogP contribution in [0.2, 0.25) is 0 Å². The minimum Gasteiger partial charge on any atom is -0.393 e. The zero-order chi connectivity index (χ0) is 11.8. The van der Waals surface area contributed by atoms with Gasteiger partial charge in [-0.3, -0.25) is 4.79 Å². The Balaban J connectivity index is 3.80. The zero-order valence-corrected chi connectivity index (χ0v) is 11.2. The van der Waals surface area contributed by atoms with Crippen LogP contribution in [0.3, 0.4) is 0 Å². The third kappa shape index (κ3) is 6.73. The molecule has 15 heavy (non-hydrogen) atoms. The Morgan fingerprint density at radius 2 is 2.13 bits per heavy atom. The van der Waals surface area contributed by atoms with Crippen molar-refractivity contribution in [2.45, 2.75) is 33.2 Å². The maximum atomic E-state index is 11.5. The molecule has 0 heterocycles. The molecule has 0 aliphatic heterocycles. The molecule has 0 fully saturated rings. The van der Waals surface area contributed by atoms with E-state index in [0.717, 1.165) is 17.9 Å². The van der Waals surface area contributed by atoms with Crippen molar-refractivity contribution in [3.8, 4) is 0 Å². The fourth-order valence-electron chi connectivity index (χ4n) is 0.974. The summed E-state index contributed by atoms with van der Waals surface area (Å²) in [6, 6.07) is 0.188. The van der Waals surface area contributed by atoms with Gasteiger partial charge in [0.05, 0.1) is 10.9 Å². The summed E-state index contributed by atoms with van der Waals surface area (Å²) < 4.78 is 0. The minimum atomic E-state index is -0.374. The summed E-state index contributed by atoms with van der Waals surface area (Å²) in [4.78, 5) is 11.8. The zero-order valence-electron chi connectivity index (χ0n) is 9.58. The molecule has 0 aliphatic rings. The number of amides is 1. The maximum absolute atomic E-state index is 11.5. The van der Waals surface area contributed by atoms with E-state index < -0.39 is 0 Å². The first-order valence-electron chi connectivity index (χ1n) is 5.16. The van der Waals surface area contributed by atoms with Gasteiger partial charge in [0.1, 0.15) is 0 Å². The van der Waals surface area contributed by atoms with Gasteiger partial charge in [-0.1, -0.05) is 19.1 Å². The Labute approximate surface area is 102 Å². The molecule has 0 spiro atoms. The van der Waals surface area contributed by atoms with E-state index in [4.69, 9.17) is 18.0 Å². The van der Waals surface area contributed by atoms with Crippen LogP contribution in [0.5, 0.6) is 0 Å². The van der Waals surface area contributed by atoms with Gasteiger partial charge in [-0.15, -0.1) is 0 Å². The van der Waals surface area contributed by atoms with E-state index in [2.05, 4.69) is 12.2 Å².